The lowest BCUT2D eigenvalue weighted by molar-refractivity contribution is -0.151. The Labute approximate surface area is 235 Å². The van der Waals surface area contributed by atoms with Gasteiger partial charge < -0.3 is 18.8 Å². The van der Waals surface area contributed by atoms with E-state index in [0.29, 0.717) is 52.0 Å². The highest BCUT2D eigenvalue weighted by Crippen LogP contribution is 2.30. The summed E-state index contributed by atoms with van der Waals surface area (Å²) < 4.78 is 13.0. The van der Waals surface area contributed by atoms with E-state index in [4.69, 9.17) is 14.5 Å². The lowest BCUT2D eigenvalue weighted by Crippen LogP contribution is -2.40. The van der Waals surface area contributed by atoms with Crippen molar-refractivity contribution >= 4 is 17.5 Å². The Morgan fingerprint density at radius 2 is 1.68 bits per heavy atom. The van der Waals surface area contributed by atoms with Crippen molar-refractivity contribution in [2.75, 3.05) is 26.3 Å². The van der Waals surface area contributed by atoms with E-state index in [1.807, 2.05) is 43.0 Å². The number of hydrogen-bond acceptors (Lipinski definition) is 5. The molecule has 208 valence electrons. The van der Waals surface area contributed by atoms with Gasteiger partial charge in [-0.15, -0.1) is 0 Å². The van der Waals surface area contributed by atoms with Crippen LogP contribution in [0.15, 0.2) is 66.9 Å². The van der Waals surface area contributed by atoms with Gasteiger partial charge in [0.1, 0.15) is 11.4 Å². The average molecular weight is 540 g/mol. The largest absolute Gasteiger partial charge is 0.494 e. The Morgan fingerprint density at radius 3 is 2.40 bits per heavy atom. The Morgan fingerprint density at radius 1 is 0.925 bits per heavy atom. The number of rotatable bonds is 9. The van der Waals surface area contributed by atoms with Gasteiger partial charge >= 0.3 is 5.97 Å². The number of carbonyl (C=O) groups excluding carboxylic acids is 2. The predicted molar refractivity (Wildman–Crippen MR) is 156 cm³/mol. The van der Waals surface area contributed by atoms with Crippen LogP contribution in [0.25, 0.3) is 28.0 Å². The minimum atomic E-state index is -0.148. The monoisotopic (exact) mass is 539 g/mol. The van der Waals surface area contributed by atoms with Crippen LogP contribution >= 0.6 is 0 Å². The van der Waals surface area contributed by atoms with Crippen molar-refractivity contribution in [3.05, 3.63) is 78.1 Å². The zero-order valence-electron chi connectivity index (χ0n) is 23.6. The van der Waals surface area contributed by atoms with Gasteiger partial charge in [0.15, 0.2) is 0 Å². The maximum atomic E-state index is 13.3. The van der Waals surface area contributed by atoms with Crippen LogP contribution in [0.5, 0.6) is 5.75 Å². The Kier molecular flexibility index (Phi) is 8.48. The number of amides is 1. The van der Waals surface area contributed by atoms with Gasteiger partial charge in [-0.3, -0.25) is 9.59 Å². The first-order valence-corrected chi connectivity index (χ1v) is 14.2. The molecule has 0 aliphatic carbocycles. The molecule has 2 aromatic heterocycles. The van der Waals surface area contributed by atoms with Crippen LogP contribution in [0.2, 0.25) is 0 Å². The zero-order chi connectivity index (χ0) is 28.1. The quantitative estimate of drug-likeness (QED) is 0.240. The molecule has 1 saturated heterocycles. The lowest BCUT2D eigenvalue weighted by atomic mass is 9.96. The Balaban J connectivity index is 1.41. The molecular weight excluding hydrogens is 502 g/mol. The molecule has 3 heterocycles. The first kappa shape index (κ1) is 27.4. The third-order valence-electron chi connectivity index (χ3n) is 7.56. The standard InChI is InChI=1S/C33H37N3O4/c1-4-39-28-8-6-7-26(21-28)27-13-15-30-34-32(24-11-9-23(3)10-12-24)29(36(30)22-27)14-16-31(37)35-19-17-25(18-20-35)33(38)40-5-2/h6-13,15,21-22,25H,4-5,14,16-20H2,1-3H3. The minimum absolute atomic E-state index is 0.104. The average Bonchev–Trinajstić information content (AvgIpc) is 3.34. The molecule has 7 heteroatoms. The second-order valence-electron chi connectivity index (χ2n) is 10.3. The van der Waals surface area contributed by atoms with Crippen molar-refractivity contribution in [2.45, 2.75) is 46.5 Å². The normalized spacial score (nSPS) is 13.9. The highest BCUT2D eigenvalue weighted by molar-refractivity contribution is 5.78. The van der Waals surface area contributed by atoms with E-state index in [1.54, 1.807) is 0 Å². The summed E-state index contributed by atoms with van der Waals surface area (Å²) in [4.78, 5) is 32.3. The third-order valence-corrected chi connectivity index (χ3v) is 7.56. The number of likely N-dealkylation sites (tertiary alicyclic amines) is 1. The van der Waals surface area contributed by atoms with Gasteiger partial charge in [0.05, 0.1) is 30.5 Å². The Bertz CT molecular complexity index is 1480. The molecule has 7 nitrogen and oxygen atoms in total. The van der Waals surface area contributed by atoms with E-state index < -0.39 is 0 Å². The van der Waals surface area contributed by atoms with Gasteiger partial charge in [0.25, 0.3) is 0 Å². The number of imidazole rings is 1. The number of hydrogen-bond donors (Lipinski definition) is 0. The second-order valence-corrected chi connectivity index (χ2v) is 10.3. The number of nitrogens with zero attached hydrogens (tertiary/aromatic N) is 3. The molecule has 0 radical (unpaired) electrons. The summed E-state index contributed by atoms with van der Waals surface area (Å²) in [5.41, 5.74) is 7.09. The number of ether oxygens (including phenoxy) is 2. The van der Waals surface area contributed by atoms with E-state index in [2.05, 4.69) is 53.9 Å². The summed E-state index contributed by atoms with van der Waals surface area (Å²) in [6.07, 6.45) is 4.35. The van der Waals surface area contributed by atoms with Gasteiger partial charge in [-0.05, 0) is 75.4 Å². The molecule has 5 rings (SSSR count). The molecule has 0 N–H and O–H groups in total. The van der Waals surface area contributed by atoms with Crippen molar-refractivity contribution < 1.29 is 19.1 Å². The lowest BCUT2D eigenvalue weighted by Gasteiger charge is -2.31. The van der Waals surface area contributed by atoms with Crippen LogP contribution < -0.4 is 4.74 Å². The molecule has 1 fully saturated rings. The number of aryl methyl sites for hydroxylation is 2. The molecule has 4 aromatic rings. The molecule has 1 aliphatic heterocycles. The Hall–Kier alpha value is -4.13. The smallest absolute Gasteiger partial charge is 0.309 e. The van der Waals surface area contributed by atoms with Crippen molar-refractivity contribution in [1.29, 1.82) is 0 Å². The van der Waals surface area contributed by atoms with Crippen LogP contribution in [0, 0.1) is 12.8 Å². The highest BCUT2D eigenvalue weighted by Gasteiger charge is 2.28. The molecule has 0 saturated carbocycles. The molecular formula is C33H37N3O4. The summed E-state index contributed by atoms with van der Waals surface area (Å²) >= 11 is 0. The SMILES string of the molecule is CCOC(=O)C1CCN(C(=O)CCc2c(-c3ccc(C)cc3)nc3ccc(-c4cccc(OCC)c4)cn23)CC1. The van der Waals surface area contributed by atoms with Crippen molar-refractivity contribution in [1.82, 2.24) is 14.3 Å². The maximum Gasteiger partial charge on any atom is 0.309 e. The third kappa shape index (κ3) is 6.03. The van der Waals surface area contributed by atoms with E-state index in [9.17, 15) is 9.59 Å². The number of carbonyl (C=O) groups is 2. The zero-order valence-corrected chi connectivity index (χ0v) is 23.6. The first-order valence-electron chi connectivity index (χ1n) is 14.2. The fourth-order valence-corrected chi connectivity index (χ4v) is 5.39. The van der Waals surface area contributed by atoms with Crippen LogP contribution in [0.3, 0.4) is 0 Å². The van der Waals surface area contributed by atoms with Gasteiger partial charge in [-0.25, -0.2) is 4.98 Å². The van der Waals surface area contributed by atoms with Crippen molar-refractivity contribution in [2.24, 2.45) is 5.92 Å². The number of piperidine rings is 1. The van der Waals surface area contributed by atoms with Crippen LogP contribution in [0.1, 0.15) is 44.4 Å². The number of benzene rings is 2. The van der Waals surface area contributed by atoms with Crippen LogP contribution in [0.4, 0.5) is 0 Å². The summed E-state index contributed by atoms with van der Waals surface area (Å²) in [6, 6.07) is 20.6. The van der Waals surface area contributed by atoms with E-state index >= 15 is 0 Å². The van der Waals surface area contributed by atoms with Crippen LogP contribution in [-0.4, -0.2) is 52.5 Å². The maximum absolute atomic E-state index is 13.3. The second kappa shape index (κ2) is 12.4. The molecule has 0 atom stereocenters. The van der Waals surface area contributed by atoms with Gasteiger partial charge in [-0.1, -0.05) is 42.0 Å². The van der Waals surface area contributed by atoms with Crippen molar-refractivity contribution in [3.63, 3.8) is 0 Å². The van der Waals surface area contributed by atoms with Crippen LogP contribution in [-0.2, 0) is 20.7 Å². The molecule has 1 aliphatic rings. The number of aromatic nitrogens is 2. The molecule has 0 bridgehead atoms. The van der Waals surface area contributed by atoms with E-state index in [-0.39, 0.29) is 17.8 Å². The molecule has 1 amide bonds. The first-order chi connectivity index (χ1) is 19.5. The highest BCUT2D eigenvalue weighted by atomic mass is 16.5. The summed E-state index contributed by atoms with van der Waals surface area (Å²) in [7, 11) is 0. The van der Waals surface area contributed by atoms with Gasteiger partial charge in [0.2, 0.25) is 5.91 Å². The van der Waals surface area contributed by atoms with E-state index in [0.717, 1.165) is 39.5 Å². The fourth-order valence-electron chi connectivity index (χ4n) is 5.39. The predicted octanol–water partition coefficient (Wildman–Crippen LogP) is 6.11. The molecule has 40 heavy (non-hydrogen) atoms. The van der Waals surface area contributed by atoms with E-state index in [1.165, 1.54) is 5.56 Å². The number of esters is 1. The number of pyridine rings is 1. The molecule has 2 aromatic carbocycles. The van der Waals surface area contributed by atoms with Crippen molar-refractivity contribution in [3.8, 4) is 28.1 Å². The van der Waals surface area contributed by atoms with Gasteiger partial charge in [-0.2, -0.15) is 0 Å². The summed E-state index contributed by atoms with van der Waals surface area (Å²) in [6.45, 7) is 8.04. The fraction of sp³-hybridized carbons (Fsp3) is 0.364. The van der Waals surface area contributed by atoms with Gasteiger partial charge in [0, 0.05) is 31.3 Å². The molecule has 0 unspecified atom stereocenters. The summed E-state index contributed by atoms with van der Waals surface area (Å²) in [5.74, 6) is 0.678. The number of fused-ring (bicyclic) bond motifs is 1. The minimum Gasteiger partial charge on any atom is -0.494 e. The summed E-state index contributed by atoms with van der Waals surface area (Å²) in [5, 5.41) is 0. The molecule has 0 spiro atoms. The topological polar surface area (TPSA) is 73.1 Å².